The van der Waals surface area contributed by atoms with Crippen LogP contribution in [0.5, 0.6) is 0 Å². The van der Waals surface area contributed by atoms with Gasteiger partial charge in [-0.25, -0.2) is 4.98 Å². The molecular weight excluding hydrogens is 448 g/mol. The molecule has 0 amide bonds. The first-order valence-corrected chi connectivity index (χ1v) is 11.1. The van der Waals surface area contributed by atoms with E-state index in [1.165, 1.54) is 0 Å². The van der Waals surface area contributed by atoms with Gasteiger partial charge in [0.25, 0.3) is 0 Å². The lowest BCUT2D eigenvalue weighted by Crippen LogP contribution is -2.49. The molecule has 8 nitrogen and oxygen atoms in total. The molecule has 0 aliphatic carbocycles. The van der Waals surface area contributed by atoms with Crippen molar-refractivity contribution in [1.29, 1.82) is 0 Å². The van der Waals surface area contributed by atoms with E-state index in [9.17, 15) is 0 Å². The first-order valence-electron chi connectivity index (χ1n) is 10.3. The summed E-state index contributed by atoms with van der Waals surface area (Å²) in [6.45, 7) is 8.68. The summed E-state index contributed by atoms with van der Waals surface area (Å²) >= 11 is 3.81. The Kier molecular flexibility index (Phi) is 5.34. The molecule has 0 bridgehead atoms. The van der Waals surface area contributed by atoms with E-state index in [4.69, 9.17) is 19.4 Å². The summed E-state index contributed by atoms with van der Waals surface area (Å²) in [5.41, 5.74) is 1.95. The predicted molar refractivity (Wildman–Crippen MR) is 120 cm³/mol. The molecule has 3 aromatic rings. The number of imidazole rings is 1. The molecular formula is C21H25BrN6O2. The summed E-state index contributed by atoms with van der Waals surface area (Å²) in [7, 11) is 0. The van der Waals surface area contributed by atoms with Crippen LogP contribution in [0.2, 0.25) is 0 Å². The maximum absolute atomic E-state index is 5.82. The first-order chi connectivity index (χ1) is 14.6. The van der Waals surface area contributed by atoms with Crippen LogP contribution in [-0.4, -0.2) is 71.1 Å². The van der Waals surface area contributed by atoms with E-state index in [0.29, 0.717) is 19.8 Å². The predicted octanol–water partition coefficient (Wildman–Crippen LogP) is 3.03. The molecule has 2 aliphatic rings. The lowest BCUT2D eigenvalue weighted by atomic mass is 10.1. The second-order valence-corrected chi connectivity index (χ2v) is 8.49. The topological polar surface area (TPSA) is 68.5 Å². The number of nitrogens with zero attached hydrogens (tertiary/aromatic N) is 6. The van der Waals surface area contributed by atoms with E-state index in [1.54, 1.807) is 0 Å². The van der Waals surface area contributed by atoms with Gasteiger partial charge in [-0.05, 0) is 41.9 Å². The second-order valence-electron chi connectivity index (χ2n) is 7.70. The van der Waals surface area contributed by atoms with Gasteiger partial charge in [0.2, 0.25) is 5.95 Å². The van der Waals surface area contributed by atoms with Gasteiger partial charge in [-0.1, -0.05) is 12.1 Å². The molecule has 0 radical (unpaired) electrons. The molecule has 2 fully saturated rings. The number of rotatable bonds is 3. The van der Waals surface area contributed by atoms with Gasteiger partial charge in [0.15, 0.2) is 11.6 Å². The van der Waals surface area contributed by atoms with E-state index in [-0.39, 0.29) is 12.1 Å². The minimum absolute atomic E-state index is 0.121. The molecule has 1 aromatic carbocycles. The Bertz CT molecular complexity index is 1050. The summed E-state index contributed by atoms with van der Waals surface area (Å²) in [5.74, 6) is 2.40. The highest BCUT2D eigenvalue weighted by molar-refractivity contribution is 9.10. The number of hydrogen-bond donors (Lipinski definition) is 0. The van der Waals surface area contributed by atoms with Gasteiger partial charge >= 0.3 is 0 Å². The fourth-order valence-electron chi connectivity index (χ4n) is 4.03. The third-order valence-electron chi connectivity index (χ3n) is 5.94. The molecule has 4 heterocycles. The number of aromatic nitrogens is 4. The number of fused-ring (bicyclic) bond motifs is 1. The average molecular weight is 473 g/mol. The molecule has 5 rings (SSSR count). The number of anilines is 2. The summed E-state index contributed by atoms with van der Waals surface area (Å²) in [5, 5.41) is 0. The Morgan fingerprint density at radius 2 is 1.77 bits per heavy atom. The van der Waals surface area contributed by atoms with Crippen molar-refractivity contribution in [2.75, 3.05) is 49.3 Å². The van der Waals surface area contributed by atoms with Gasteiger partial charge in [0.1, 0.15) is 10.8 Å². The van der Waals surface area contributed by atoms with Gasteiger partial charge in [-0.2, -0.15) is 9.97 Å². The van der Waals surface area contributed by atoms with Gasteiger partial charge in [0, 0.05) is 19.6 Å². The average Bonchev–Trinajstić information content (AvgIpc) is 3.21. The van der Waals surface area contributed by atoms with E-state index in [0.717, 1.165) is 52.7 Å². The van der Waals surface area contributed by atoms with Crippen molar-refractivity contribution in [3.63, 3.8) is 0 Å². The summed E-state index contributed by atoms with van der Waals surface area (Å²) < 4.78 is 14.3. The smallest absolute Gasteiger partial charge is 0.229 e. The fraction of sp³-hybridized carbons (Fsp3) is 0.476. The molecule has 2 aliphatic heterocycles. The van der Waals surface area contributed by atoms with Gasteiger partial charge < -0.3 is 19.3 Å². The zero-order valence-electron chi connectivity index (χ0n) is 17.2. The molecule has 2 atom stereocenters. The van der Waals surface area contributed by atoms with Gasteiger partial charge in [0.05, 0.1) is 43.0 Å². The molecule has 0 saturated carbocycles. The molecule has 30 heavy (non-hydrogen) atoms. The molecule has 2 aromatic heterocycles. The third kappa shape index (κ3) is 3.44. The maximum atomic E-state index is 5.82. The van der Waals surface area contributed by atoms with Gasteiger partial charge in [-0.3, -0.25) is 4.57 Å². The third-order valence-corrected chi connectivity index (χ3v) is 6.65. The minimum Gasteiger partial charge on any atom is -0.378 e. The van der Waals surface area contributed by atoms with Crippen molar-refractivity contribution in [3.8, 4) is 5.82 Å². The number of benzene rings is 1. The summed E-state index contributed by atoms with van der Waals surface area (Å²) in [6.07, 6.45) is 1.95. The number of morpholine rings is 2. The number of hydrogen-bond acceptors (Lipinski definition) is 7. The molecule has 0 N–H and O–H groups in total. The van der Waals surface area contributed by atoms with Crippen LogP contribution in [0.15, 0.2) is 35.1 Å². The quantitative estimate of drug-likeness (QED) is 0.580. The minimum atomic E-state index is 0.121. The van der Waals surface area contributed by atoms with Crippen molar-refractivity contribution in [3.05, 3.63) is 35.1 Å². The van der Waals surface area contributed by atoms with Crippen molar-refractivity contribution in [1.82, 2.24) is 19.5 Å². The highest BCUT2D eigenvalue weighted by Crippen LogP contribution is 2.34. The molecule has 0 spiro atoms. The maximum Gasteiger partial charge on any atom is 0.229 e. The first kappa shape index (κ1) is 19.7. The van der Waals surface area contributed by atoms with Crippen molar-refractivity contribution in [2.24, 2.45) is 0 Å². The monoisotopic (exact) mass is 472 g/mol. The van der Waals surface area contributed by atoms with Crippen molar-refractivity contribution in [2.45, 2.75) is 26.0 Å². The van der Waals surface area contributed by atoms with Crippen LogP contribution in [0.25, 0.3) is 16.9 Å². The van der Waals surface area contributed by atoms with E-state index < -0.39 is 0 Å². The van der Waals surface area contributed by atoms with Crippen LogP contribution in [0.1, 0.15) is 13.8 Å². The van der Waals surface area contributed by atoms with Crippen molar-refractivity contribution < 1.29 is 9.47 Å². The Morgan fingerprint density at radius 3 is 2.60 bits per heavy atom. The second kappa shape index (κ2) is 8.13. The Balaban J connectivity index is 1.67. The van der Waals surface area contributed by atoms with Gasteiger partial charge in [-0.15, -0.1) is 0 Å². The number of ether oxygens (including phenoxy) is 2. The Labute approximate surface area is 184 Å². The highest BCUT2D eigenvalue weighted by atomic mass is 79.9. The standard InChI is InChI=1S/C21H25BrN6O2/c1-14-15(2)30-12-9-27(14)21-24-19(26-7-10-29-11-8-26)18(22)20(25-21)28-13-23-16-5-3-4-6-17(16)28/h3-6,13-15H,7-12H2,1-2H3. The molecule has 2 saturated heterocycles. The lowest BCUT2D eigenvalue weighted by Gasteiger charge is -2.38. The molecule has 158 valence electrons. The zero-order valence-corrected chi connectivity index (χ0v) is 18.7. The highest BCUT2D eigenvalue weighted by Gasteiger charge is 2.30. The fourth-order valence-corrected chi connectivity index (χ4v) is 4.65. The van der Waals surface area contributed by atoms with Crippen LogP contribution >= 0.6 is 15.9 Å². The number of para-hydroxylation sites is 2. The Morgan fingerprint density at radius 1 is 1.00 bits per heavy atom. The van der Waals surface area contributed by atoms with E-state index in [1.807, 2.05) is 29.1 Å². The summed E-state index contributed by atoms with van der Waals surface area (Å²) in [4.78, 5) is 19.1. The van der Waals surface area contributed by atoms with Crippen LogP contribution < -0.4 is 9.80 Å². The number of halogens is 1. The van der Waals surface area contributed by atoms with Crippen LogP contribution in [0.3, 0.4) is 0 Å². The van der Waals surface area contributed by atoms with E-state index >= 15 is 0 Å². The molecule has 2 unspecified atom stereocenters. The lowest BCUT2D eigenvalue weighted by molar-refractivity contribution is 0.0277. The summed E-state index contributed by atoms with van der Waals surface area (Å²) in [6, 6.07) is 8.27. The molecule has 9 heteroatoms. The SMILES string of the molecule is CC1OCCN(c2nc(N3CCOCC3)c(Br)c(-n3cnc4ccccc43)n2)C1C. The van der Waals surface area contributed by atoms with Crippen LogP contribution in [0.4, 0.5) is 11.8 Å². The van der Waals surface area contributed by atoms with Crippen LogP contribution in [-0.2, 0) is 9.47 Å². The van der Waals surface area contributed by atoms with Crippen molar-refractivity contribution >= 4 is 38.7 Å². The Hall–Kier alpha value is -2.23. The zero-order chi connectivity index (χ0) is 20.7. The van der Waals surface area contributed by atoms with Crippen LogP contribution in [0, 0.1) is 0 Å². The normalized spacial score (nSPS) is 22.6. The van der Waals surface area contributed by atoms with E-state index in [2.05, 4.69) is 50.6 Å². The largest absolute Gasteiger partial charge is 0.378 e.